The van der Waals surface area contributed by atoms with Crippen LogP contribution in [0.5, 0.6) is 0 Å². The molecule has 1 aliphatic rings. The Morgan fingerprint density at radius 1 is 1.25 bits per heavy atom. The Balaban J connectivity index is 2.18. The summed E-state index contributed by atoms with van der Waals surface area (Å²) in [6.07, 6.45) is 3.20. The monoisotopic (exact) mass is 283 g/mol. The molecule has 2 amide bonds. The second kappa shape index (κ2) is 7.62. The molecule has 1 saturated heterocycles. The van der Waals surface area contributed by atoms with Crippen molar-refractivity contribution in [3.05, 3.63) is 0 Å². The average Bonchev–Trinajstić information content (AvgIpc) is 2.29. The molecule has 5 heteroatoms. The number of nitrogens with one attached hydrogen (secondary N) is 3. The average molecular weight is 283 g/mol. The lowest BCUT2D eigenvalue weighted by Gasteiger charge is -2.29. The maximum Gasteiger partial charge on any atom is 0.222 e. The zero-order valence-corrected chi connectivity index (χ0v) is 13.2. The molecule has 116 valence electrons. The van der Waals surface area contributed by atoms with E-state index >= 15 is 0 Å². The van der Waals surface area contributed by atoms with Crippen LogP contribution in [0, 0.1) is 5.92 Å². The number of rotatable bonds is 5. The molecule has 0 bridgehead atoms. The highest BCUT2D eigenvalue weighted by molar-refractivity contribution is 5.79. The van der Waals surface area contributed by atoms with Gasteiger partial charge in [0.25, 0.3) is 0 Å². The predicted molar refractivity (Wildman–Crippen MR) is 80.3 cm³/mol. The van der Waals surface area contributed by atoms with Crippen molar-refractivity contribution in [3.63, 3.8) is 0 Å². The molecule has 1 aliphatic heterocycles. The number of amides is 2. The number of carbonyl (C=O) groups excluding carboxylic acids is 2. The minimum absolute atomic E-state index is 0.0260. The van der Waals surface area contributed by atoms with Crippen molar-refractivity contribution in [2.75, 3.05) is 13.1 Å². The van der Waals surface area contributed by atoms with E-state index in [1.807, 2.05) is 20.8 Å². The highest BCUT2D eigenvalue weighted by atomic mass is 16.2. The molecule has 2 atom stereocenters. The van der Waals surface area contributed by atoms with Crippen LogP contribution < -0.4 is 16.0 Å². The van der Waals surface area contributed by atoms with E-state index in [4.69, 9.17) is 0 Å². The number of hydrogen-bond acceptors (Lipinski definition) is 3. The summed E-state index contributed by atoms with van der Waals surface area (Å²) in [6, 6.07) is 0.271. The molecule has 0 radical (unpaired) electrons. The van der Waals surface area contributed by atoms with Gasteiger partial charge in [-0.05, 0) is 46.1 Å². The van der Waals surface area contributed by atoms with Crippen molar-refractivity contribution < 1.29 is 9.59 Å². The van der Waals surface area contributed by atoms with Gasteiger partial charge in [0.05, 0.1) is 0 Å². The zero-order chi connectivity index (χ0) is 15.2. The topological polar surface area (TPSA) is 70.2 Å². The maximum absolute atomic E-state index is 11.8. The first kappa shape index (κ1) is 17.0. The van der Waals surface area contributed by atoms with Crippen molar-refractivity contribution in [3.8, 4) is 0 Å². The second-order valence-corrected chi connectivity index (χ2v) is 6.78. The quantitative estimate of drug-likeness (QED) is 0.710. The lowest BCUT2D eigenvalue weighted by atomic mass is 9.90. The number of piperidine rings is 1. The zero-order valence-electron chi connectivity index (χ0n) is 13.2. The third kappa shape index (κ3) is 6.89. The van der Waals surface area contributed by atoms with Crippen molar-refractivity contribution >= 4 is 11.8 Å². The Kier molecular flexibility index (Phi) is 6.46. The van der Waals surface area contributed by atoms with Gasteiger partial charge >= 0.3 is 0 Å². The van der Waals surface area contributed by atoms with Crippen LogP contribution in [0.3, 0.4) is 0 Å². The first-order valence-electron chi connectivity index (χ1n) is 7.59. The van der Waals surface area contributed by atoms with Crippen molar-refractivity contribution in [2.45, 2.75) is 65.0 Å². The fourth-order valence-corrected chi connectivity index (χ4v) is 2.46. The molecule has 3 N–H and O–H groups in total. The second-order valence-electron chi connectivity index (χ2n) is 6.78. The minimum atomic E-state index is -0.220. The normalized spacial score (nSPS) is 23.2. The van der Waals surface area contributed by atoms with Gasteiger partial charge in [-0.25, -0.2) is 0 Å². The van der Waals surface area contributed by atoms with Gasteiger partial charge in [0.15, 0.2) is 0 Å². The molecular formula is C15H29N3O2. The first-order valence-corrected chi connectivity index (χ1v) is 7.59. The summed E-state index contributed by atoms with van der Waals surface area (Å²) in [7, 11) is 0. The van der Waals surface area contributed by atoms with Crippen LogP contribution in [-0.4, -0.2) is 36.5 Å². The Morgan fingerprint density at radius 2 is 1.95 bits per heavy atom. The standard InChI is InChI=1S/C15H29N3O2/c1-11-6-5-8-16-12(11)10-14(20)17-9-7-13(19)18-15(2,3)4/h11-12,16H,5-10H2,1-4H3,(H,17,20)(H,18,19). The van der Waals surface area contributed by atoms with E-state index in [0.29, 0.717) is 25.3 Å². The van der Waals surface area contributed by atoms with E-state index in [0.717, 1.165) is 6.54 Å². The molecule has 2 unspecified atom stereocenters. The summed E-state index contributed by atoms with van der Waals surface area (Å²) in [4.78, 5) is 23.4. The third-order valence-electron chi connectivity index (χ3n) is 3.52. The summed E-state index contributed by atoms with van der Waals surface area (Å²) < 4.78 is 0. The molecule has 1 fully saturated rings. The van der Waals surface area contributed by atoms with Gasteiger partial charge < -0.3 is 16.0 Å². The minimum Gasteiger partial charge on any atom is -0.356 e. The van der Waals surface area contributed by atoms with Crippen LogP contribution >= 0.6 is 0 Å². The number of hydrogen-bond donors (Lipinski definition) is 3. The Labute approximate surface area is 122 Å². The summed E-state index contributed by atoms with van der Waals surface area (Å²) in [5, 5.41) is 9.10. The van der Waals surface area contributed by atoms with Gasteiger partial charge in [-0.1, -0.05) is 6.92 Å². The van der Waals surface area contributed by atoms with Gasteiger partial charge in [-0.15, -0.1) is 0 Å². The molecule has 5 nitrogen and oxygen atoms in total. The summed E-state index contributed by atoms with van der Waals surface area (Å²) >= 11 is 0. The van der Waals surface area contributed by atoms with E-state index in [1.165, 1.54) is 12.8 Å². The van der Waals surface area contributed by atoms with Gasteiger partial charge in [0.1, 0.15) is 0 Å². The van der Waals surface area contributed by atoms with Crippen molar-refractivity contribution in [2.24, 2.45) is 5.92 Å². The van der Waals surface area contributed by atoms with Gasteiger partial charge in [0.2, 0.25) is 11.8 Å². The third-order valence-corrected chi connectivity index (χ3v) is 3.52. The van der Waals surface area contributed by atoms with Crippen LogP contribution in [0.4, 0.5) is 0 Å². The van der Waals surface area contributed by atoms with Gasteiger partial charge in [-0.2, -0.15) is 0 Å². The molecule has 0 aromatic heterocycles. The SMILES string of the molecule is CC1CCCNC1CC(=O)NCCC(=O)NC(C)(C)C. The lowest BCUT2D eigenvalue weighted by molar-refractivity contribution is -0.123. The molecule has 20 heavy (non-hydrogen) atoms. The predicted octanol–water partition coefficient (Wildman–Crippen LogP) is 1.19. The Hall–Kier alpha value is -1.10. The van der Waals surface area contributed by atoms with E-state index in [1.54, 1.807) is 0 Å². The van der Waals surface area contributed by atoms with Gasteiger partial charge in [0, 0.05) is 31.0 Å². The smallest absolute Gasteiger partial charge is 0.222 e. The first-order chi connectivity index (χ1) is 9.28. The Morgan fingerprint density at radius 3 is 2.55 bits per heavy atom. The lowest BCUT2D eigenvalue weighted by Crippen LogP contribution is -2.44. The highest BCUT2D eigenvalue weighted by Crippen LogP contribution is 2.17. The van der Waals surface area contributed by atoms with Gasteiger partial charge in [-0.3, -0.25) is 9.59 Å². The summed E-state index contributed by atoms with van der Waals surface area (Å²) in [6.45, 7) is 9.41. The van der Waals surface area contributed by atoms with Crippen LogP contribution in [0.25, 0.3) is 0 Å². The molecule has 0 aliphatic carbocycles. The van der Waals surface area contributed by atoms with Crippen LogP contribution in [-0.2, 0) is 9.59 Å². The van der Waals surface area contributed by atoms with E-state index in [-0.39, 0.29) is 23.4 Å². The van der Waals surface area contributed by atoms with Crippen LogP contribution in [0.1, 0.15) is 53.4 Å². The van der Waals surface area contributed by atoms with Crippen molar-refractivity contribution in [1.82, 2.24) is 16.0 Å². The van der Waals surface area contributed by atoms with Crippen LogP contribution in [0.15, 0.2) is 0 Å². The summed E-state index contributed by atoms with van der Waals surface area (Å²) in [5.74, 6) is 0.542. The molecular weight excluding hydrogens is 254 g/mol. The fourth-order valence-electron chi connectivity index (χ4n) is 2.46. The Bertz CT molecular complexity index is 337. The molecule has 0 saturated carbocycles. The fraction of sp³-hybridized carbons (Fsp3) is 0.867. The molecule has 0 aromatic carbocycles. The molecule has 1 heterocycles. The number of carbonyl (C=O) groups is 2. The van der Waals surface area contributed by atoms with E-state index in [9.17, 15) is 9.59 Å². The van der Waals surface area contributed by atoms with Crippen LogP contribution in [0.2, 0.25) is 0 Å². The van der Waals surface area contributed by atoms with E-state index in [2.05, 4.69) is 22.9 Å². The van der Waals surface area contributed by atoms with E-state index < -0.39 is 0 Å². The molecule has 0 aromatic rings. The highest BCUT2D eigenvalue weighted by Gasteiger charge is 2.23. The molecule has 1 rings (SSSR count). The van der Waals surface area contributed by atoms with Crippen molar-refractivity contribution in [1.29, 1.82) is 0 Å². The maximum atomic E-state index is 11.8. The summed E-state index contributed by atoms with van der Waals surface area (Å²) in [5.41, 5.74) is -0.220. The largest absolute Gasteiger partial charge is 0.356 e. The molecule has 0 spiro atoms.